The molecular weight excluding hydrogens is 264 g/mol. The summed E-state index contributed by atoms with van der Waals surface area (Å²) in [7, 11) is -2.05. The van der Waals surface area contributed by atoms with Gasteiger partial charge >= 0.3 is 0 Å². The first-order chi connectivity index (χ1) is 8.95. The van der Waals surface area contributed by atoms with Gasteiger partial charge in [0.2, 0.25) is 10.0 Å². The quantitative estimate of drug-likeness (QED) is 0.857. The van der Waals surface area contributed by atoms with Gasteiger partial charge in [-0.25, -0.2) is 8.42 Å². The smallest absolute Gasteiger partial charge is 0.246 e. The SMILES string of the molecule is COc1cc(N)ccc1S(=O)(=O)N1CCCC(C)C1. The molecule has 0 aliphatic carbocycles. The fraction of sp³-hybridized carbons (Fsp3) is 0.538. The van der Waals surface area contributed by atoms with Crippen molar-refractivity contribution in [2.45, 2.75) is 24.7 Å². The summed E-state index contributed by atoms with van der Waals surface area (Å²) < 4.78 is 31.9. The van der Waals surface area contributed by atoms with E-state index in [2.05, 4.69) is 6.92 Å². The molecule has 0 spiro atoms. The molecular formula is C13H20N2O3S. The van der Waals surface area contributed by atoms with E-state index in [1.54, 1.807) is 12.1 Å². The summed E-state index contributed by atoms with van der Waals surface area (Å²) in [4.78, 5) is 0.193. The van der Waals surface area contributed by atoms with Gasteiger partial charge < -0.3 is 10.5 Å². The maximum Gasteiger partial charge on any atom is 0.246 e. The van der Waals surface area contributed by atoms with Gasteiger partial charge in [0.1, 0.15) is 10.6 Å². The Hall–Kier alpha value is -1.27. The highest BCUT2D eigenvalue weighted by atomic mass is 32.2. The van der Waals surface area contributed by atoms with Crippen LogP contribution in [-0.2, 0) is 10.0 Å². The number of hydrogen-bond acceptors (Lipinski definition) is 4. The molecule has 1 aromatic carbocycles. The zero-order chi connectivity index (χ0) is 14.0. The fourth-order valence-electron chi connectivity index (χ4n) is 2.40. The lowest BCUT2D eigenvalue weighted by molar-refractivity contribution is 0.280. The minimum atomic E-state index is -3.50. The van der Waals surface area contributed by atoms with Gasteiger partial charge in [-0.2, -0.15) is 4.31 Å². The highest BCUT2D eigenvalue weighted by molar-refractivity contribution is 7.89. The first kappa shape index (κ1) is 14.1. The Morgan fingerprint density at radius 2 is 2.16 bits per heavy atom. The van der Waals surface area contributed by atoms with Gasteiger partial charge in [-0.3, -0.25) is 0 Å². The molecule has 2 rings (SSSR count). The lowest BCUT2D eigenvalue weighted by Gasteiger charge is -2.30. The Kier molecular flexibility index (Phi) is 4.01. The van der Waals surface area contributed by atoms with Gasteiger partial charge in [0, 0.05) is 24.8 Å². The molecule has 19 heavy (non-hydrogen) atoms. The number of hydrogen-bond donors (Lipinski definition) is 1. The maximum absolute atomic E-state index is 12.6. The first-order valence-electron chi connectivity index (χ1n) is 6.39. The summed E-state index contributed by atoms with van der Waals surface area (Å²) in [5.74, 6) is 0.696. The largest absolute Gasteiger partial charge is 0.495 e. The van der Waals surface area contributed by atoms with Crippen molar-refractivity contribution in [1.29, 1.82) is 0 Å². The van der Waals surface area contributed by atoms with E-state index in [9.17, 15) is 8.42 Å². The maximum atomic E-state index is 12.6. The van der Waals surface area contributed by atoms with Crippen LogP contribution in [0, 0.1) is 5.92 Å². The number of nitrogen functional groups attached to an aromatic ring is 1. The molecule has 1 heterocycles. The topological polar surface area (TPSA) is 72.6 Å². The van der Waals surface area contributed by atoms with Gasteiger partial charge in [-0.05, 0) is 30.9 Å². The van der Waals surface area contributed by atoms with Crippen molar-refractivity contribution in [2.24, 2.45) is 5.92 Å². The summed E-state index contributed by atoms with van der Waals surface area (Å²) in [5.41, 5.74) is 6.15. The summed E-state index contributed by atoms with van der Waals surface area (Å²) in [6.45, 7) is 3.21. The molecule has 1 fully saturated rings. The molecule has 1 aromatic rings. The third kappa shape index (κ3) is 2.84. The van der Waals surface area contributed by atoms with Crippen molar-refractivity contribution in [3.63, 3.8) is 0 Å². The number of anilines is 1. The Morgan fingerprint density at radius 3 is 2.79 bits per heavy atom. The molecule has 0 radical (unpaired) electrons. The number of nitrogens with two attached hydrogens (primary N) is 1. The van der Waals surface area contributed by atoms with Crippen LogP contribution in [-0.4, -0.2) is 32.9 Å². The normalized spacial score (nSPS) is 21.3. The molecule has 6 heteroatoms. The third-order valence-corrected chi connectivity index (χ3v) is 5.33. The molecule has 0 saturated carbocycles. The van der Waals surface area contributed by atoms with E-state index in [-0.39, 0.29) is 4.90 Å². The second-order valence-electron chi connectivity index (χ2n) is 5.02. The summed E-state index contributed by atoms with van der Waals surface area (Å²) in [6.07, 6.45) is 1.97. The molecule has 2 N–H and O–H groups in total. The number of methoxy groups -OCH3 is 1. The molecule has 0 bridgehead atoms. The Bertz CT molecular complexity index is 557. The van der Waals surface area contributed by atoms with Crippen molar-refractivity contribution < 1.29 is 13.2 Å². The molecule has 1 atom stereocenters. The average molecular weight is 284 g/mol. The number of benzene rings is 1. The molecule has 106 valence electrons. The fourth-order valence-corrected chi connectivity index (χ4v) is 4.14. The Balaban J connectivity index is 2.39. The minimum Gasteiger partial charge on any atom is -0.495 e. The van der Waals surface area contributed by atoms with Gasteiger partial charge in [0.05, 0.1) is 7.11 Å². The predicted molar refractivity (Wildman–Crippen MR) is 74.6 cm³/mol. The van der Waals surface area contributed by atoms with Crippen LogP contribution in [0.4, 0.5) is 5.69 Å². The molecule has 1 saturated heterocycles. The highest BCUT2D eigenvalue weighted by Gasteiger charge is 2.30. The molecule has 1 aliphatic heterocycles. The second-order valence-corrected chi connectivity index (χ2v) is 6.93. The number of ether oxygens (including phenoxy) is 1. The minimum absolute atomic E-state index is 0.193. The van der Waals surface area contributed by atoms with Crippen molar-refractivity contribution in [1.82, 2.24) is 4.31 Å². The van der Waals surface area contributed by atoms with Crippen LogP contribution in [0.5, 0.6) is 5.75 Å². The van der Waals surface area contributed by atoms with Crippen LogP contribution in [0.2, 0.25) is 0 Å². The van der Waals surface area contributed by atoms with Crippen molar-refractivity contribution >= 4 is 15.7 Å². The monoisotopic (exact) mass is 284 g/mol. The molecule has 0 aromatic heterocycles. The third-order valence-electron chi connectivity index (χ3n) is 3.43. The van der Waals surface area contributed by atoms with Crippen LogP contribution in [0.1, 0.15) is 19.8 Å². The lowest BCUT2D eigenvalue weighted by atomic mass is 10.0. The van der Waals surface area contributed by atoms with E-state index < -0.39 is 10.0 Å². The average Bonchev–Trinajstić information content (AvgIpc) is 2.38. The van der Waals surface area contributed by atoms with E-state index in [1.165, 1.54) is 17.5 Å². The molecule has 1 unspecified atom stereocenters. The first-order valence-corrected chi connectivity index (χ1v) is 7.83. The highest BCUT2D eigenvalue weighted by Crippen LogP contribution is 2.30. The zero-order valence-corrected chi connectivity index (χ0v) is 12.1. The van der Waals surface area contributed by atoms with E-state index in [1.807, 2.05) is 0 Å². The van der Waals surface area contributed by atoms with Gasteiger partial charge in [0.25, 0.3) is 0 Å². The van der Waals surface area contributed by atoms with Gasteiger partial charge in [-0.1, -0.05) is 6.92 Å². The number of nitrogens with zero attached hydrogens (tertiary/aromatic N) is 1. The number of sulfonamides is 1. The van der Waals surface area contributed by atoms with Crippen molar-refractivity contribution in [2.75, 3.05) is 25.9 Å². The Morgan fingerprint density at radius 1 is 1.42 bits per heavy atom. The van der Waals surface area contributed by atoms with E-state index in [4.69, 9.17) is 10.5 Å². The number of piperidine rings is 1. The van der Waals surface area contributed by atoms with E-state index in [0.29, 0.717) is 30.4 Å². The zero-order valence-electron chi connectivity index (χ0n) is 11.3. The van der Waals surface area contributed by atoms with E-state index >= 15 is 0 Å². The van der Waals surface area contributed by atoms with Crippen LogP contribution in [0.3, 0.4) is 0 Å². The van der Waals surface area contributed by atoms with E-state index in [0.717, 1.165) is 12.8 Å². The Labute approximate surface area is 114 Å². The molecule has 1 aliphatic rings. The lowest BCUT2D eigenvalue weighted by Crippen LogP contribution is -2.39. The molecule has 0 amide bonds. The van der Waals surface area contributed by atoms with Crippen LogP contribution in [0.25, 0.3) is 0 Å². The van der Waals surface area contributed by atoms with Crippen molar-refractivity contribution in [3.05, 3.63) is 18.2 Å². The van der Waals surface area contributed by atoms with Crippen LogP contribution >= 0.6 is 0 Å². The number of rotatable bonds is 3. The molecule has 5 nitrogen and oxygen atoms in total. The summed E-state index contributed by atoms with van der Waals surface area (Å²) in [6, 6.07) is 4.64. The van der Waals surface area contributed by atoms with Crippen LogP contribution < -0.4 is 10.5 Å². The van der Waals surface area contributed by atoms with Gasteiger partial charge in [0.15, 0.2) is 0 Å². The summed E-state index contributed by atoms with van der Waals surface area (Å²) >= 11 is 0. The second kappa shape index (κ2) is 5.38. The van der Waals surface area contributed by atoms with Crippen LogP contribution in [0.15, 0.2) is 23.1 Å². The van der Waals surface area contributed by atoms with Gasteiger partial charge in [-0.15, -0.1) is 0 Å². The standard InChI is InChI=1S/C13H20N2O3S/c1-10-4-3-7-15(9-10)19(16,17)13-6-5-11(14)8-12(13)18-2/h5-6,8,10H,3-4,7,9,14H2,1-2H3. The predicted octanol–water partition coefficient (Wildman–Crippen LogP) is 1.70. The van der Waals surface area contributed by atoms with Crippen molar-refractivity contribution in [3.8, 4) is 5.75 Å². The summed E-state index contributed by atoms with van der Waals surface area (Å²) in [5, 5.41) is 0.